The monoisotopic (exact) mass is 574 g/mol. The van der Waals surface area contributed by atoms with Crippen LogP contribution in [0.1, 0.15) is 48.8 Å². The maximum Gasteiger partial charge on any atom is 0.255 e. The van der Waals surface area contributed by atoms with E-state index in [2.05, 4.69) is 11.0 Å². The number of rotatable bonds is 5. The number of aromatic hydroxyl groups is 1. The van der Waals surface area contributed by atoms with Crippen LogP contribution in [-0.4, -0.2) is 68.6 Å². The SMILES string of the molecule is COc1ccc(CN2CCCCC2)cc1-c1ccc(O)c2c1C[C@H]1CC3CC(=O)C(C(N)=O)=C(O)[C@@]3(O)C(=O)C1=C2O. The number of aliphatic hydroxyl groups excluding tert-OH is 2. The van der Waals surface area contributed by atoms with E-state index in [0.717, 1.165) is 36.3 Å². The van der Waals surface area contributed by atoms with E-state index in [1.54, 1.807) is 13.2 Å². The van der Waals surface area contributed by atoms with Gasteiger partial charge in [0.15, 0.2) is 11.4 Å². The summed E-state index contributed by atoms with van der Waals surface area (Å²) in [6, 6.07) is 9.18. The Morgan fingerprint density at radius 1 is 1.05 bits per heavy atom. The average molecular weight is 575 g/mol. The first-order valence-electron chi connectivity index (χ1n) is 14.3. The number of nitrogens with zero attached hydrogens (tertiary/aromatic N) is 1. The van der Waals surface area contributed by atoms with Gasteiger partial charge in [0.1, 0.15) is 28.6 Å². The van der Waals surface area contributed by atoms with E-state index in [4.69, 9.17) is 10.5 Å². The Kier molecular flexibility index (Phi) is 6.86. The maximum absolute atomic E-state index is 13.8. The van der Waals surface area contributed by atoms with Crippen molar-refractivity contribution >= 4 is 23.2 Å². The molecule has 220 valence electrons. The van der Waals surface area contributed by atoms with Crippen LogP contribution in [0.25, 0.3) is 16.9 Å². The van der Waals surface area contributed by atoms with Crippen molar-refractivity contribution in [2.75, 3.05) is 20.2 Å². The van der Waals surface area contributed by atoms with Crippen molar-refractivity contribution in [2.24, 2.45) is 17.6 Å². The number of carbonyl (C=O) groups excluding carboxylic acids is 3. The van der Waals surface area contributed by atoms with Crippen molar-refractivity contribution in [3.63, 3.8) is 0 Å². The molecule has 10 nitrogen and oxygen atoms in total. The summed E-state index contributed by atoms with van der Waals surface area (Å²) in [6.07, 6.45) is 3.51. The Hall–Kier alpha value is -4.15. The predicted molar refractivity (Wildman–Crippen MR) is 153 cm³/mol. The molecule has 6 rings (SSSR count). The lowest BCUT2D eigenvalue weighted by atomic mass is 9.59. The van der Waals surface area contributed by atoms with Gasteiger partial charge >= 0.3 is 0 Å². The highest BCUT2D eigenvalue weighted by atomic mass is 16.5. The summed E-state index contributed by atoms with van der Waals surface area (Å²) in [5, 5.41) is 44.6. The number of likely N-dealkylation sites (tertiary alicyclic amines) is 1. The maximum atomic E-state index is 13.8. The minimum atomic E-state index is -2.59. The number of methoxy groups -OCH3 is 1. The van der Waals surface area contributed by atoms with Crippen molar-refractivity contribution in [1.29, 1.82) is 0 Å². The van der Waals surface area contributed by atoms with Crippen molar-refractivity contribution < 1.29 is 39.5 Å². The molecule has 1 heterocycles. The molecule has 1 amide bonds. The third kappa shape index (κ3) is 4.20. The second-order valence-electron chi connectivity index (χ2n) is 11.8. The largest absolute Gasteiger partial charge is 0.508 e. The first kappa shape index (κ1) is 28.0. The van der Waals surface area contributed by atoms with Gasteiger partial charge < -0.3 is 30.9 Å². The molecule has 1 saturated heterocycles. The van der Waals surface area contributed by atoms with Gasteiger partial charge in [-0.15, -0.1) is 0 Å². The number of aliphatic hydroxyl groups is 3. The summed E-state index contributed by atoms with van der Waals surface area (Å²) in [7, 11) is 1.58. The van der Waals surface area contributed by atoms with Crippen LogP contribution in [-0.2, 0) is 27.3 Å². The summed E-state index contributed by atoms with van der Waals surface area (Å²) in [5.41, 5.74) is 4.96. The van der Waals surface area contributed by atoms with Crippen LogP contribution in [0, 0.1) is 11.8 Å². The zero-order chi connectivity index (χ0) is 29.9. The Bertz CT molecular complexity index is 1580. The second kappa shape index (κ2) is 10.3. The number of amides is 1. The number of hydrogen-bond donors (Lipinski definition) is 5. The number of primary amides is 1. The van der Waals surface area contributed by atoms with E-state index in [0.29, 0.717) is 11.3 Å². The van der Waals surface area contributed by atoms with Gasteiger partial charge in [0.05, 0.1) is 12.7 Å². The highest BCUT2D eigenvalue weighted by molar-refractivity contribution is 6.22. The van der Waals surface area contributed by atoms with E-state index >= 15 is 0 Å². The molecule has 0 radical (unpaired) electrons. The van der Waals surface area contributed by atoms with Gasteiger partial charge in [-0.2, -0.15) is 0 Å². The fraction of sp³-hybridized carbons (Fsp3) is 0.406. The molecular formula is C32H34N2O8. The number of fused-ring (bicyclic) bond motifs is 3. The first-order valence-corrected chi connectivity index (χ1v) is 14.3. The summed E-state index contributed by atoms with van der Waals surface area (Å²) < 4.78 is 5.71. The van der Waals surface area contributed by atoms with Gasteiger partial charge in [0.2, 0.25) is 5.78 Å². The molecule has 0 spiro atoms. The van der Waals surface area contributed by atoms with Crippen LogP contribution in [0.2, 0.25) is 0 Å². The third-order valence-electron chi connectivity index (χ3n) is 9.36. The van der Waals surface area contributed by atoms with Gasteiger partial charge in [-0.3, -0.25) is 19.3 Å². The molecule has 1 saturated carbocycles. The first-order chi connectivity index (χ1) is 20.1. The molecule has 1 unspecified atom stereocenters. The van der Waals surface area contributed by atoms with Crippen molar-refractivity contribution in [3.8, 4) is 22.6 Å². The van der Waals surface area contributed by atoms with Crippen LogP contribution >= 0.6 is 0 Å². The number of benzene rings is 2. The number of hydrogen-bond acceptors (Lipinski definition) is 9. The summed E-state index contributed by atoms with van der Waals surface area (Å²) >= 11 is 0. The Morgan fingerprint density at radius 3 is 2.48 bits per heavy atom. The zero-order valence-corrected chi connectivity index (χ0v) is 23.4. The number of phenols is 1. The lowest BCUT2D eigenvalue weighted by Gasteiger charge is -2.46. The van der Waals surface area contributed by atoms with E-state index in [1.165, 1.54) is 25.3 Å². The minimum Gasteiger partial charge on any atom is -0.508 e. The summed E-state index contributed by atoms with van der Waals surface area (Å²) in [5.74, 6) is -5.87. The van der Waals surface area contributed by atoms with Crippen LogP contribution in [0.4, 0.5) is 0 Å². The molecule has 10 heteroatoms. The molecule has 0 bridgehead atoms. The lowest BCUT2D eigenvalue weighted by Crippen LogP contribution is -2.58. The minimum absolute atomic E-state index is 0.0584. The third-order valence-corrected chi connectivity index (χ3v) is 9.36. The topological polar surface area (TPSA) is 171 Å². The fourth-order valence-electron chi connectivity index (χ4n) is 7.31. The number of Topliss-reactive ketones (excluding diaryl/α,β-unsaturated/α-hetero) is 2. The van der Waals surface area contributed by atoms with Gasteiger partial charge in [-0.1, -0.05) is 18.6 Å². The van der Waals surface area contributed by atoms with Crippen molar-refractivity contribution in [3.05, 3.63) is 63.9 Å². The van der Waals surface area contributed by atoms with E-state index in [1.807, 2.05) is 12.1 Å². The number of ether oxygens (including phenoxy) is 1. The molecule has 2 aromatic rings. The van der Waals surface area contributed by atoms with E-state index in [-0.39, 0.29) is 36.1 Å². The molecule has 3 atom stereocenters. The van der Waals surface area contributed by atoms with Gasteiger partial charge in [-0.05, 0) is 79.6 Å². The van der Waals surface area contributed by atoms with Crippen molar-refractivity contribution in [2.45, 2.75) is 50.7 Å². The van der Waals surface area contributed by atoms with Crippen LogP contribution in [0.5, 0.6) is 11.5 Å². The Balaban J connectivity index is 1.47. The number of carbonyl (C=O) groups is 3. The molecular weight excluding hydrogens is 540 g/mol. The predicted octanol–water partition coefficient (Wildman–Crippen LogP) is 3.09. The van der Waals surface area contributed by atoms with Crippen LogP contribution in [0.15, 0.2) is 47.2 Å². The number of nitrogens with two attached hydrogens (primary N) is 1. The van der Waals surface area contributed by atoms with Gasteiger partial charge in [-0.25, -0.2) is 0 Å². The van der Waals surface area contributed by atoms with Crippen molar-refractivity contribution in [1.82, 2.24) is 4.90 Å². The van der Waals surface area contributed by atoms with Gasteiger partial charge in [0, 0.05) is 30.0 Å². The smallest absolute Gasteiger partial charge is 0.255 e. The fourth-order valence-corrected chi connectivity index (χ4v) is 7.31. The molecule has 42 heavy (non-hydrogen) atoms. The molecule has 6 N–H and O–H groups in total. The van der Waals surface area contributed by atoms with Crippen LogP contribution < -0.4 is 10.5 Å². The molecule has 0 aromatic heterocycles. The normalized spacial score (nSPS) is 26.0. The number of piperidine rings is 1. The van der Waals surface area contributed by atoms with Gasteiger partial charge in [0.25, 0.3) is 5.91 Å². The van der Waals surface area contributed by atoms with E-state index in [9.17, 15) is 34.8 Å². The Labute approximate surface area is 242 Å². The summed E-state index contributed by atoms with van der Waals surface area (Å²) in [4.78, 5) is 40.7. The van der Waals surface area contributed by atoms with Crippen LogP contribution in [0.3, 0.4) is 0 Å². The molecule has 4 aliphatic rings. The molecule has 3 aliphatic carbocycles. The highest BCUT2D eigenvalue weighted by Gasteiger charge is 2.60. The quantitative estimate of drug-likeness (QED) is 0.337. The molecule has 2 fully saturated rings. The summed E-state index contributed by atoms with van der Waals surface area (Å²) in [6.45, 7) is 2.85. The zero-order valence-electron chi connectivity index (χ0n) is 23.4. The standard InChI is InChI=1S/C32H34N2O8/c1-42-24-8-5-16(15-34-9-3-2-4-10-34)11-20(24)19-6-7-22(35)26-21(19)13-17-12-18-14-23(36)27(31(33)40)30(39)32(18,41)29(38)25(17)28(26)37/h5-8,11,17-18,35,37,39,41H,2-4,9-10,12-15H2,1H3,(H2,33,40)/t17-,18?,32+/m1/s1. The van der Waals surface area contributed by atoms with E-state index < -0.39 is 52.0 Å². The average Bonchev–Trinajstić information content (AvgIpc) is 2.95. The lowest BCUT2D eigenvalue weighted by molar-refractivity contribution is -0.147. The molecule has 1 aliphatic heterocycles. The molecule has 2 aromatic carbocycles. The number of phenolic OH excluding ortho intramolecular Hbond substituents is 1. The Morgan fingerprint density at radius 2 is 1.79 bits per heavy atom. The highest BCUT2D eigenvalue weighted by Crippen LogP contribution is 2.53. The number of ketones is 2. The second-order valence-corrected chi connectivity index (χ2v) is 11.8.